The van der Waals surface area contributed by atoms with Gasteiger partial charge in [0.05, 0.1) is 12.8 Å². The summed E-state index contributed by atoms with van der Waals surface area (Å²) in [6.45, 7) is 3.58. The predicted octanol–water partition coefficient (Wildman–Crippen LogP) is 1.94. The van der Waals surface area contributed by atoms with Crippen molar-refractivity contribution in [3.63, 3.8) is 0 Å². The molecule has 1 aromatic carbocycles. The van der Waals surface area contributed by atoms with E-state index in [0.29, 0.717) is 13.2 Å². The van der Waals surface area contributed by atoms with Gasteiger partial charge in [0.25, 0.3) is 0 Å². The Labute approximate surface area is 146 Å². The van der Waals surface area contributed by atoms with Crippen molar-refractivity contribution < 1.29 is 9.47 Å². The lowest BCUT2D eigenvalue weighted by Crippen LogP contribution is -2.26. The molecule has 2 aromatic heterocycles. The van der Waals surface area contributed by atoms with Crippen LogP contribution in [-0.4, -0.2) is 47.9 Å². The molecule has 7 nitrogen and oxygen atoms in total. The third-order valence-corrected chi connectivity index (χ3v) is 4.11. The second-order valence-corrected chi connectivity index (χ2v) is 5.96. The normalized spacial score (nSPS) is 14.8. The summed E-state index contributed by atoms with van der Waals surface area (Å²) in [4.78, 5) is 4.72. The van der Waals surface area contributed by atoms with Gasteiger partial charge in [0.1, 0.15) is 18.2 Å². The maximum atomic E-state index is 5.92. The van der Waals surface area contributed by atoms with Crippen LogP contribution in [0.2, 0.25) is 0 Å². The first-order valence-electron chi connectivity index (χ1n) is 8.38. The largest absolute Gasteiger partial charge is 0.492 e. The molecule has 130 valence electrons. The minimum atomic E-state index is 0.530. The van der Waals surface area contributed by atoms with Crippen LogP contribution in [-0.2, 0) is 11.3 Å². The number of fused-ring (bicyclic) bond motifs is 4. The van der Waals surface area contributed by atoms with Crippen molar-refractivity contribution in [2.45, 2.75) is 6.61 Å². The Bertz CT molecular complexity index is 877. The van der Waals surface area contributed by atoms with Gasteiger partial charge in [0.2, 0.25) is 0 Å². The van der Waals surface area contributed by atoms with Crippen LogP contribution in [0.25, 0.3) is 16.8 Å². The molecule has 4 bridgehead atoms. The minimum Gasteiger partial charge on any atom is -0.492 e. The zero-order valence-corrected chi connectivity index (χ0v) is 14.2. The van der Waals surface area contributed by atoms with Gasteiger partial charge in [-0.25, -0.2) is 9.50 Å². The maximum Gasteiger partial charge on any atom is 0.165 e. The Hall–Kier alpha value is -2.64. The molecule has 0 fully saturated rings. The quantitative estimate of drug-likeness (QED) is 0.743. The molecule has 0 radical (unpaired) electrons. The lowest BCUT2D eigenvalue weighted by Gasteiger charge is -2.13. The van der Waals surface area contributed by atoms with Crippen LogP contribution in [0.15, 0.2) is 36.7 Å². The van der Waals surface area contributed by atoms with Gasteiger partial charge in [-0.05, 0) is 35.4 Å². The summed E-state index contributed by atoms with van der Waals surface area (Å²) < 4.78 is 13.0. The molecule has 0 saturated carbocycles. The van der Waals surface area contributed by atoms with Crippen LogP contribution < -0.4 is 15.4 Å². The molecule has 3 aromatic rings. The molecule has 3 heterocycles. The number of aromatic nitrogens is 3. The predicted molar refractivity (Wildman–Crippen MR) is 96.0 cm³/mol. The van der Waals surface area contributed by atoms with Crippen LogP contribution >= 0.6 is 0 Å². The van der Waals surface area contributed by atoms with E-state index in [-0.39, 0.29) is 0 Å². The van der Waals surface area contributed by atoms with Gasteiger partial charge in [-0.2, -0.15) is 5.10 Å². The average molecular weight is 339 g/mol. The van der Waals surface area contributed by atoms with Gasteiger partial charge in [0.15, 0.2) is 5.65 Å². The standard InChI is InChI=1S/C18H21N5O2/c1-24-12-13-8-14-10-15(9-13)25-7-5-19-3-4-20-17-2-6-23-18(22-17)16(14)11-21-23/h2,6,8-11,19H,3-5,7,12H2,1H3,(H,20,22). The summed E-state index contributed by atoms with van der Waals surface area (Å²) >= 11 is 0. The van der Waals surface area contributed by atoms with Gasteiger partial charge in [-0.1, -0.05) is 0 Å². The minimum absolute atomic E-state index is 0.530. The van der Waals surface area contributed by atoms with E-state index in [4.69, 9.17) is 14.5 Å². The molecule has 0 unspecified atom stereocenters. The van der Waals surface area contributed by atoms with Crippen molar-refractivity contribution in [2.24, 2.45) is 0 Å². The van der Waals surface area contributed by atoms with E-state index in [1.165, 1.54) is 0 Å². The summed E-state index contributed by atoms with van der Waals surface area (Å²) in [6, 6.07) is 8.08. The Kier molecular flexibility index (Phi) is 4.49. The Morgan fingerprint density at radius 1 is 1.24 bits per heavy atom. The molecule has 0 atom stereocenters. The number of anilines is 1. The Balaban J connectivity index is 1.84. The monoisotopic (exact) mass is 339 g/mol. The third kappa shape index (κ3) is 3.42. The molecule has 1 aliphatic heterocycles. The Morgan fingerprint density at radius 3 is 3.12 bits per heavy atom. The molecule has 4 rings (SSSR count). The number of rotatable bonds is 2. The Morgan fingerprint density at radius 2 is 2.20 bits per heavy atom. The fraction of sp³-hybridized carbons (Fsp3) is 0.333. The van der Waals surface area contributed by atoms with E-state index in [1.54, 1.807) is 11.6 Å². The number of nitrogens with one attached hydrogen (secondary N) is 2. The van der Waals surface area contributed by atoms with Crippen LogP contribution in [0.1, 0.15) is 5.56 Å². The molecule has 2 N–H and O–H groups in total. The average Bonchev–Trinajstić information content (AvgIpc) is 3.04. The van der Waals surface area contributed by atoms with E-state index in [1.807, 2.05) is 30.6 Å². The van der Waals surface area contributed by atoms with Gasteiger partial charge >= 0.3 is 0 Å². The zero-order valence-electron chi connectivity index (χ0n) is 14.2. The molecule has 0 amide bonds. The molecule has 0 saturated heterocycles. The van der Waals surface area contributed by atoms with E-state index in [0.717, 1.165) is 53.5 Å². The second-order valence-electron chi connectivity index (χ2n) is 5.96. The first kappa shape index (κ1) is 15.9. The highest BCUT2D eigenvalue weighted by Gasteiger charge is 2.12. The van der Waals surface area contributed by atoms with Crippen molar-refractivity contribution in [3.05, 3.63) is 42.2 Å². The number of hydrogen-bond acceptors (Lipinski definition) is 6. The van der Waals surface area contributed by atoms with Crippen molar-refractivity contribution >= 4 is 11.5 Å². The number of hydrogen-bond donors (Lipinski definition) is 2. The lowest BCUT2D eigenvalue weighted by molar-refractivity contribution is 0.184. The molecular weight excluding hydrogens is 318 g/mol. The summed E-state index contributed by atoms with van der Waals surface area (Å²) in [6.07, 6.45) is 3.76. The molecule has 0 spiro atoms. The van der Waals surface area contributed by atoms with Crippen LogP contribution in [0, 0.1) is 0 Å². The van der Waals surface area contributed by atoms with E-state index < -0.39 is 0 Å². The molecule has 0 aliphatic carbocycles. The maximum absolute atomic E-state index is 5.92. The van der Waals surface area contributed by atoms with E-state index >= 15 is 0 Å². The lowest BCUT2D eigenvalue weighted by atomic mass is 10.1. The summed E-state index contributed by atoms with van der Waals surface area (Å²) in [7, 11) is 1.69. The summed E-state index contributed by atoms with van der Waals surface area (Å²) in [5.74, 6) is 1.68. The fourth-order valence-electron chi connectivity index (χ4n) is 2.97. The smallest absolute Gasteiger partial charge is 0.165 e. The van der Waals surface area contributed by atoms with Crippen LogP contribution in [0.3, 0.4) is 0 Å². The highest BCUT2D eigenvalue weighted by atomic mass is 16.5. The second kappa shape index (κ2) is 7.08. The molecular formula is C18H21N5O2. The fourth-order valence-corrected chi connectivity index (χ4v) is 2.97. The first-order valence-corrected chi connectivity index (χ1v) is 8.38. The third-order valence-electron chi connectivity index (χ3n) is 4.11. The van der Waals surface area contributed by atoms with Gasteiger partial charge in [0, 0.05) is 38.5 Å². The highest BCUT2D eigenvalue weighted by molar-refractivity contribution is 5.79. The molecule has 1 aliphatic rings. The van der Waals surface area contributed by atoms with Crippen molar-refractivity contribution in [2.75, 3.05) is 38.7 Å². The zero-order chi connectivity index (χ0) is 17.1. The van der Waals surface area contributed by atoms with E-state index in [2.05, 4.69) is 21.8 Å². The number of methoxy groups -OCH3 is 1. The van der Waals surface area contributed by atoms with Crippen molar-refractivity contribution in [3.8, 4) is 16.9 Å². The van der Waals surface area contributed by atoms with Gasteiger partial charge < -0.3 is 20.1 Å². The summed E-state index contributed by atoms with van der Waals surface area (Å²) in [5, 5.41) is 11.1. The van der Waals surface area contributed by atoms with Gasteiger partial charge in [-0.3, -0.25) is 0 Å². The van der Waals surface area contributed by atoms with Crippen LogP contribution in [0.4, 0.5) is 5.82 Å². The number of nitrogens with zero attached hydrogens (tertiary/aromatic N) is 3. The molecule has 7 heteroatoms. The number of ether oxygens (including phenoxy) is 2. The first-order chi connectivity index (χ1) is 12.3. The SMILES string of the molecule is COCc1cc2cc(c1)-c1cnn3ccc(nc13)NCCNCCO2. The van der Waals surface area contributed by atoms with E-state index in [9.17, 15) is 0 Å². The van der Waals surface area contributed by atoms with Crippen LogP contribution in [0.5, 0.6) is 5.75 Å². The van der Waals surface area contributed by atoms with Crippen molar-refractivity contribution in [1.82, 2.24) is 19.9 Å². The summed E-state index contributed by atoms with van der Waals surface area (Å²) in [5.41, 5.74) is 3.87. The van der Waals surface area contributed by atoms with Crippen molar-refractivity contribution in [1.29, 1.82) is 0 Å². The van der Waals surface area contributed by atoms with Gasteiger partial charge in [-0.15, -0.1) is 0 Å². The topological polar surface area (TPSA) is 72.7 Å². The highest BCUT2D eigenvalue weighted by Crippen LogP contribution is 2.29. The number of benzene rings is 1. The molecule has 25 heavy (non-hydrogen) atoms.